The minimum atomic E-state index is -0.875. The predicted molar refractivity (Wildman–Crippen MR) is 106 cm³/mol. The molecule has 8 nitrogen and oxygen atoms in total. The fourth-order valence-corrected chi connectivity index (χ4v) is 2.73. The fourth-order valence-electron chi connectivity index (χ4n) is 2.60. The number of nitrogens with two attached hydrogens (primary N) is 1. The van der Waals surface area contributed by atoms with Gasteiger partial charge in [-0.25, -0.2) is 4.68 Å². The number of nitrogens with zero attached hydrogens (tertiary/aromatic N) is 4. The topological polar surface area (TPSA) is 120 Å². The molecular weight excluding hydrogens is 367 g/mol. The van der Waals surface area contributed by atoms with Gasteiger partial charge in [-0.2, -0.15) is 10.1 Å². The molecule has 3 aromatic rings. The lowest BCUT2D eigenvalue weighted by atomic mass is 9.50. The molecule has 11 heteroatoms. The number of rotatable bonds is 5. The summed E-state index contributed by atoms with van der Waals surface area (Å²) in [5.74, 6) is 0.528. The maximum atomic E-state index is 12.2. The molecule has 2 heterocycles. The van der Waals surface area contributed by atoms with Gasteiger partial charge in [0, 0.05) is 15.8 Å². The van der Waals surface area contributed by atoms with Crippen LogP contribution in [0.3, 0.4) is 0 Å². The van der Waals surface area contributed by atoms with Crippen molar-refractivity contribution in [2.45, 2.75) is 24.8 Å². The summed E-state index contributed by atoms with van der Waals surface area (Å²) in [7, 11) is 3.61. The summed E-state index contributed by atoms with van der Waals surface area (Å²) in [5, 5.41) is 18.5. The molecule has 3 N–H and O–H groups in total. The highest BCUT2D eigenvalue weighted by molar-refractivity contribution is 6.40. The highest BCUT2D eigenvalue weighted by atomic mass is 35.5. The van der Waals surface area contributed by atoms with Gasteiger partial charge in [0.1, 0.15) is 22.2 Å². The zero-order chi connectivity index (χ0) is 19.8. The van der Waals surface area contributed by atoms with Crippen LogP contribution in [-0.2, 0) is 11.8 Å². The first kappa shape index (κ1) is 19.2. The molecule has 0 amide bonds. The van der Waals surface area contributed by atoms with Crippen molar-refractivity contribution >= 4 is 33.0 Å². The summed E-state index contributed by atoms with van der Waals surface area (Å²) in [6.07, 6.45) is 0.530. The number of hydrogen-bond acceptors (Lipinski definition) is 7. The number of nitrogen functional groups attached to an aromatic ring is 1. The van der Waals surface area contributed by atoms with E-state index in [-0.39, 0.29) is 18.0 Å². The number of hydrogen-bond donors (Lipinski definition) is 2. The normalized spacial score (nSPS) is 12.9. The average Bonchev–Trinajstić information content (AvgIpc) is 3.12. The van der Waals surface area contributed by atoms with Gasteiger partial charge in [-0.05, 0) is 24.6 Å². The summed E-state index contributed by atoms with van der Waals surface area (Å²) >= 11 is 5.90. The van der Waals surface area contributed by atoms with Crippen LogP contribution >= 0.6 is 11.6 Å². The lowest BCUT2D eigenvalue weighted by Gasteiger charge is -2.27. The van der Waals surface area contributed by atoms with E-state index in [2.05, 4.69) is 15.2 Å². The summed E-state index contributed by atoms with van der Waals surface area (Å²) in [5.41, 5.74) is 6.77. The van der Waals surface area contributed by atoms with Crippen molar-refractivity contribution < 1.29 is 9.63 Å². The van der Waals surface area contributed by atoms with Crippen LogP contribution in [0.4, 0.5) is 5.69 Å². The highest BCUT2D eigenvalue weighted by Crippen LogP contribution is 2.31. The molecule has 0 aliphatic heterocycles. The van der Waals surface area contributed by atoms with Crippen LogP contribution < -0.4 is 11.3 Å². The minimum Gasteiger partial charge on any atom is -0.397 e. The van der Waals surface area contributed by atoms with Crippen molar-refractivity contribution in [1.29, 1.82) is 0 Å². The molecule has 0 aliphatic rings. The van der Waals surface area contributed by atoms with Crippen molar-refractivity contribution in [3.8, 4) is 0 Å². The van der Waals surface area contributed by atoms with Crippen LogP contribution in [0.5, 0.6) is 0 Å². The van der Waals surface area contributed by atoms with E-state index in [0.29, 0.717) is 27.7 Å². The van der Waals surface area contributed by atoms with Crippen molar-refractivity contribution in [2.24, 2.45) is 0 Å². The van der Waals surface area contributed by atoms with Crippen LogP contribution in [0.2, 0.25) is 5.02 Å². The van der Waals surface area contributed by atoms with Crippen LogP contribution in [0.25, 0.3) is 0 Å². The van der Waals surface area contributed by atoms with Crippen molar-refractivity contribution in [2.75, 3.05) is 5.73 Å². The van der Waals surface area contributed by atoms with E-state index in [1.807, 2.05) is 0 Å². The van der Waals surface area contributed by atoms with E-state index in [9.17, 15) is 9.90 Å². The van der Waals surface area contributed by atoms with Crippen molar-refractivity contribution in [3.05, 3.63) is 68.7 Å². The van der Waals surface area contributed by atoms with E-state index in [4.69, 9.17) is 21.9 Å². The Morgan fingerprint density at radius 1 is 1.37 bits per heavy atom. The van der Waals surface area contributed by atoms with Gasteiger partial charge < -0.3 is 15.4 Å². The van der Waals surface area contributed by atoms with Gasteiger partial charge in [-0.15, -0.1) is 0 Å². The second kappa shape index (κ2) is 7.21. The van der Waals surface area contributed by atoms with Crippen LogP contribution in [0.15, 0.2) is 39.8 Å². The average molecular weight is 385 g/mol. The van der Waals surface area contributed by atoms with E-state index < -0.39 is 11.3 Å². The molecule has 0 radical (unpaired) electrons. The largest absolute Gasteiger partial charge is 0.397 e. The second-order valence-corrected chi connectivity index (χ2v) is 7.31. The first-order valence-electron chi connectivity index (χ1n) is 8.29. The van der Waals surface area contributed by atoms with Gasteiger partial charge in [-0.3, -0.25) is 4.79 Å². The van der Waals surface area contributed by atoms with Crippen molar-refractivity contribution in [3.63, 3.8) is 0 Å². The molecule has 0 saturated heterocycles. The van der Waals surface area contributed by atoms with E-state index in [1.54, 1.807) is 46.9 Å². The van der Waals surface area contributed by atoms with Crippen LogP contribution in [-0.4, -0.2) is 40.7 Å². The van der Waals surface area contributed by atoms with Crippen molar-refractivity contribution in [1.82, 2.24) is 19.9 Å². The Bertz CT molecular complexity index is 1020. The second-order valence-electron chi connectivity index (χ2n) is 6.88. The fraction of sp³-hybridized carbons (Fsp3) is 0.250. The van der Waals surface area contributed by atoms with Crippen LogP contribution in [0, 0.1) is 6.92 Å². The van der Waals surface area contributed by atoms with E-state index in [0.717, 1.165) is 0 Å². The Labute approximate surface area is 162 Å². The zero-order valence-electron chi connectivity index (χ0n) is 15.2. The Morgan fingerprint density at radius 3 is 2.70 bits per heavy atom. The van der Waals surface area contributed by atoms with Gasteiger partial charge >= 0.3 is 0 Å². The number of halogens is 1. The molecule has 0 fully saturated rings. The molecular formula is C16H18B2ClN5O3. The summed E-state index contributed by atoms with van der Waals surface area (Å²) < 4.78 is 6.46. The first-order valence-corrected chi connectivity index (χ1v) is 8.66. The minimum absolute atomic E-state index is 0.0140. The number of aliphatic hydroxyl groups excluding tert-OH is 1. The lowest BCUT2D eigenvalue weighted by Crippen LogP contribution is -2.36. The van der Waals surface area contributed by atoms with Crippen LogP contribution in [0.1, 0.15) is 28.9 Å². The summed E-state index contributed by atoms with van der Waals surface area (Å²) in [4.78, 5) is 16.5. The van der Waals surface area contributed by atoms with E-state index >= 15 is 0 Å². The molecule has 0 saturated carbocycles. The molecule has 1 aromatic carbocycles. The lowest BCUT2D eigenvalue weighted by molar-refractivity contribution is 0.152. The number of benzene rings is 1. The quantitative estimate of drug-likeness (QED) is 0.561. The molecule has 2 aromatic heterocycles. The number of aliphatic hydroxyl groups is 1. The third-order valence-electron chi connectivity index (χ3n) is 4.52. The highest BCUT2D eigenvalue weighted by Gasteiger charge is 2.35. The summed E-state index contributed by atoms with van der Waals surface area (Å²) in [6.45, 7) is 1.64. The third kappa shape index (κ3) is 3.77. The molecule has 0 aliphatic carbocycles. The third-order valence-corrected chi connectivity index (χ3v) is 4.78. The molecule has 1 unspecified atom stereocenters. The molecule has 0 spiro atoms. The first-order chi connectivity index (χ1) is 12.7. The zero-order valence-corrected chi connectivity index (χ0v) is 15.9. The van der Waals surface area contributed by atoms with Gasteiger partial charge in [0.2, 0.25) is 5.89 Å². The van der Waals surface area contributed by atoms with Gasteiger partial charge in [-0.1, -0.05) is 28.9 Å². The Morgan fingerprint density at radius 2 is 2.04 bits per heavy atom. The molecule has 138 valence electrons. The Hall–Kier alpha value is -2.58. The Balaban J connectivity index is 1.85. The maximum Gasteiger partial charge on any atom is 0.272 e. The number of anilines is 1. The molecule has 27 heavy (non-hydrogen) atoms. The SMILES string of the molecule is BC(B)(c1noc(Cn2ncc(N)c(C)c2=O)n1)C(O)c1ccc(Cl)cc1. The Kier molecular flexibility index (Phi) is 5.12. The van der Waals surface area contributed by atoms with E-state index in [1.165, 1.54) is 10.9 Å². The smallest absolute Gasteiger partial charge is 0.272 e. The number of aromatic nitrogens is 4. The summed E-state index contributed by atoms with van der Waals surface area (Å²) in [6, 6.07) is 6.91. The predicted octanol–water partition coefficient (Wildman–Crippen LogP) is -0.629. The standard InChI is InChI=1S/C16H18B2ClN5O3/c1-8-11(20)6-21-24(14(8)26)7-12-22-15(23-27-12)16(17,18)13(25)9-2-4-10(19)5-3-9/h2-6,13,25H,7,17-18,20H2,1H3. The maximum absolute atomic E-state index is 12.2. The van der Waals surface area contributed by atoms with Gasteiger partial charge in [0.15, 0.2) is 5.82 Å². The van der Waals surface area contributed by atoms with Gasteiger partial charge in [0.25, 0.3) is 5.56 Å². The van der Waals surface area contributed by atoms with Gasteiger partial charge in [0.05, 0.1) is 18.0 Å². The monoisotopic (exact) mass is 385 g/mol. The molecule has 3 rings (SSSR count). The molecule has 1 atom stereocenters. The molecule has 0 bridgehead atoms.